The first-order valence-electron chi connectivity index (χ1n) is 7.47. The van der Waals surface area contributed by atoms with E-state index < -0.39 is 23.4 Å². The Morgan fingerprint density at radius 1 is 1.15 bits per heavy atom. The quantitative estimate of drug-likeness (QED) is 0.692. The maximum absolute atomic E-state index is 13.1. The minimum Gasteiger partial charge on any atom is -0.343 e. The number of carbonyl (C=O) groups excluding carboxylic acids is 2. The minimum atomic E-state index is -0.862. The summed E-state index contributed by atoms with van der Waals surface area (Å²) in [6.07, 6.45) is 0. The summed E-state index contributed by atoms with van der Waals surface area (Å²) in [7, 11) is 0. The number of amides is 2. The van der Waals surface area contributed by atoms with Crippen molar-refractivity contribution in [1.82, 2.24) is 10.3 Å². The van der Waals surface area contributed by atoms with Gasteiger partial charge < -0.3 is 10.6 Å². The van der Waals surface area contributed by atoms with Gasteiger partial charge in [0.15, 0.2) is 5.13 Å². The standard InChI is InChI=1S/C17H13F2N3O2S2/c1-9-2-3-14(26-9)13-8-25-17(21-13)22-15(23)7-20-16(24)10-4-11(18)6-12(19)5-10/h2-6,8H,7H2,1H3,(H,20,24)(H,21,22,23). The molecule has 3 rings (SSSR count). The van der Waals surface area contributed by atoms with Crippen molar-refractivity contribution >= 4 is 39.6 Å². The van der Waals surface area contributed by atoms with E-state index in [2.05, 4.69) is 15.6 Å². The van der Waals surface area contributed by atoms with Crippen molar-refractivity contribution in [2.75, 3.05) is 11.9 Å². The number of nitrogens with one attached hydrogen (secondary N) is 2. The molecule has 1 aromatic carbocycles. The Kier molecular flexibility index (Phi) is 5.38. The summed E-state index contributed by atoms with van der Waals surface area (Å²) < 4.78 is 26.2. The number of hydrogen-bond acceptors (Lipinski definition) is 5. The molecule has 5 nitrogen and oxygen atoms in total. The van der Waals surface area contributed by atoms with Crippen LogP contribution in [0.5, 0.6) is 0 Å². The molecule has 0 radical (unpaired) electrons. The summed E-state index contributed by atoms with van der Waals surface area (Å²) in [6.45, 7) is 1.65. The van der Waals surface area contributed by atoms with E-state index in [0.717, 1.165) is 27.6 Å². The number of benzene rings is 1. The van der Waals surface area contributed by atoms with Gasteiger partial charge in [-0.3, -0.25) is 9.59 Å². The topological polar surface area (TPSA) is 71.1 Å². The molecule has 0 saturated heterocycles. The first-order chi connectivity index (χ1) is 12.4. The number of aromatic nitrogens is 1. The molecule has 0 spiro atoms. The van der Waals surface area contributed by atoms with E-state index in [9.17, 15) is 18.4 Å². The third-order valence-electron chi connectivity index (χ3n) is 3.28. The molecule has 2 aromatic heterocycles. The second-order valence-electron chi connectivity index (χ2n) is 5.34. The Hall–Kier alpha value is -2.65. The average Bonchev–Trinajstić information content (AvgIpc) is 3.20. The second-order valence-corrected chi connectivity index (χ2v) is 7.48. The molecule has 0 aliphatic heterocycles. The number of aryl methyl sites for hydroxylation is 1. The maximum atomic E-state index is 13.1. The van der Waals surface area contributed by atoms with Crippen LogP contribution in [0.4, 0.5) is 13.9 Å². The molecule has 134 valence electrons. The summed E-state index contributed by atoms with van der Waals surface area (Å²) in [4.78, 5) is 30.3. The van der Waals surface area contributed by atoms with Crippen LogP contribution in [0.2, 0.25) is 0 Å². The lowest BCUT2D eigenvalue weighted by Gasteiger charge is -2.05. The van der Waals surface area contributed by atoms with Crippen molar-refractivity contribution < 1.29 is 18.4 Å². The first-order valence-corrected chi connectivity index (χ1v) is 9.17. The van der Waals surface area contributed by atoms with Gasteiger partial charge in [-0.25, -0.2) is 13.8 Å². The number of nitrogens with zero attached hydrogens (tertiary/aromatic N) is 1. The maximum Gasteiger partial charge on any atom is 0.251 e. The lowest BCUT2D eigenvalue weighted by atomic mass is 10.2. The van der Waals surface area contributed by atoms with Crippen LogP contribution in [0, 0.1) is 18.6 Å². The smallest absolute Gasteiger partial charge is 0.251 e. The molecule has 2 heterocycles. The highest BCUT2D eigenvalue weighted by Gasteiger charge is 2.13. The Morgan fingerprint density at radius 2 is 1.88 bits per heavy atom. The number of hydrogen-bond donors (Lipinski definition) is 2. The molecule has 2 amide bonds. The predicted molar refractivity (Wildman–Crippen MR) is 97.5 cm³/mol. The molecule has 9 heteroatoms. The molecule has 3 aromatic rings. The molecule has 0 unspecified atom stereocenters. The van der Waals surface area contributed by atoms with Crippen LogP contribution < -0.4 is 10.6 Å². The van der Waals surface area contributed by atoms with Crippen LogP contribution in [-0.4, -0.2) is 23.3 Å². The van der Waals surface area contributed by atoms with Crippen molar-refractivity contribution in [3.05, 3.63) is 57.8 Å². The van der Waals surface area contributed by atoms with E-state index in [1.807, 2.05) is 24.4 Å². The van der Waals surface area contributed by atoms with Gasteiger partial charge in [0.05, 0.1) is 17.1 Å². The largest absolute Gasteiger partial charge is 0.343 e. The fourth-order valence-electron chi connectivity index (χ4n) is 2.13. The lowest BCUT2D eigenvalue weighted by Crippen LogP contribution is -2.32. The number of anilines is 1. The normalized spacial score (nSPS) is 10.6. The van der Waals surface area contributed by atoms with Crippen molar-refractivity contribution in [1.29, 1.82) is 0 Å². The van der Waals surface area contributed by atoms with Crippen LogP contribution in [-0.2, 0) is 4.79 Å². The SMILES string of the molecule is Cc1ccc(-c2csc(NC(=O)CNC(=O)c3cc(F)cc(F)c3)n2)s1. The summed E-state index contributed by atoms with van der Waals surface area (Å²) in [5, 5.41) is 7.12. The Balaban J connectivity index is 1.56. The third kappa shape index (κ3) is 4.50. The molecule has 2 N–H and O–H groups in total. The van der Waals surface area contributed by atoms with Gasteiger partial charge >= 0.3 is 0 Å². The highest BCUT2D eigenvalue weighted by atomic mass is 32.1. The van der Waals surface area contributed by atoms with E-state index in [0.29, 0.717) is 11.2 Å². The van der Waals surface area contributed by atoms with Gasteiger partial charge in [0.2, 0.25) is 5.91 Å². The molecule has 0 saturated carbocycles. The molecule has 26 heavy (non-hydrogen) atoms. The van der Waals surface area contributed by atoms with Gasteiger partial charge in [0.1, 0.15) is 11.6 Å². The molecule has 0 atom stereocenters. The fourth-order valence-corrected chi connectivity index (χ4v) is 3.76. The Labute approximate surface area is 155 Å². The van der Waals surface area contributed by atoms with Gasteiger partial charge in [0.25, 0.3) is 5.91 Å². The van der Waals surface area contributed by atoms with Crippen molar-refractivity contribution in [3.8, 4) is 10.6 Å². The van der Waals surface area contributed by atoms with Gasteiger partial charge in [-0.2, -0.15) is 0 Å². The summed E-state index contributed by atoms with van der Waals surface area (Å²) in [5.41, 5.74) is 0.572. The first kappa shape index (κ1) is 18.2. The second kappa shape index (κ2) is 7.71. The van der Waals surface area contributed by atoms with E-state index >= 15 is 0 Å². The van der Waals surface area contributed by atoms with E-state index in [4.69, 9.17) is 0 Å². The van der Waals surface area contributed by atoms with Gasteiger partial charge in [0, 0.05) is 21.9 Å². The van der Waals surface area contributed by atoms with Crippen LogP contribution in [0.1, 0.15) is 15.2 Å². The zero-order chi connectivity index (χ0) is 18.7. The van der Waals surface area contributed by atoms with Crippen molar-refractivity contribution in [2.24, 2.45) is 0 Å². The number of carbonyl (C=O) groups is 2. The van der Waals surface area contributed by atoms with E-state index in [-0.39, 0.29) is 12.1 Å². The van der Waals surface area contributed by atoms with Gasteiger partial charge in [-0.1, -0.05) is 0 Å². The predicted octanol–water partition coefficient (Wildman–Crippen LogP) is 3.83. The minimum absolute atomic E-state index is 0.195. The number of thiazole rings is 1. The van der Waals surface area contributed by atoms with Crippen LogP contribution in [0.3, 0.4) is 0 Å². The lowest BCUT2D eigenvalue weighted by molar-refractivity contribution is -0.115. The number of halogens is 2. The molecule has 0 aliphatic rings. The van der Waals surface area contributed by atoms with Crippen molar-refractivity contribution in [2.45, 2.75) is 6.92 Å². The molecular formula is C17H13F2N3O2S2. The molecular weight excluding hydrogens is 380 g/mol. The van der Waals surface area contributed by atoms with E-state index in [1.54, 1.807) is 11.3 Å². The monoisotopic (exact) mass is 393 g/mol. The highest BCUT2D eigenvalue weighted by molar-refractivity contribution is 7.17. The highest BCUT2D eigenvalue weighted by Crippen LogP contribution is 2.30. The molecule has 0 aliphatic carbocycles. The van der Waals surface area contributed by atoms with Crippen LogP contribution >= 0.6 is 22.7 Å². The summed E-state index contributed by atoms with van der Waals surface area (Å²) in [6, 6.07) is 6.40. The number of rotatable bonds is 5. The van der Waals surface area contributed by atoms with Crippen molar-refractivity contribution in [3.63, 3.8) is 0 Å². The summed E-state index contributed by atoms with van der Waals surface area (Å²) >= 11 is 2.87. The Morgan fingerprint density at radius 3 is 2.54 bits per heavy atom. The van der Waals surface area contributed by atoms with Crippen LogP contribution in [0.25, 0.3) is 10.6 Å². The molecule has 0 fully saturated rings. The van der Waals surface area contributed by atoms with Crippen LogP contribution in [0.15, 0.2) is 35.7 Å². The summed E-state index contributed by atoms with van der Waals surface area (Å²) in [5.74, 6) is -2.96. The molecule has 0 bridgehead atoms. The van der Waals surface area contributed by atoms with Gasteiger partial charge in [-0.15, -0.1) is 22.7 Å². The third-order valence-corrected chi connectivity index (χ3v) is 5.06. The zero-order valence-corrected chi connectivity index (χ0v) is 15.1. The van der Waals surface area contributed by atoms with E-state index in [1.165, 1.54) is 11.3 Å². The average molecular weight is 393 g/mol. The Bertz CT molecular complexity index is 948. The number of thiophene rings is 1. The van der Waals surface area contributed by atoms with Gasteiger partial charge in [-0.05, 0) is 31.2 Å². The fraction of sp³-hybridized carbons (Fsp3) is 0.118. The zero-order valence-electron chi connectivity index (χ0n) is 13.5.